The van der Waals surface area contributed by atoms with Gasteiger partial charge in [-0.1, -0.05) is 80.6 Å². The topological polar surface area (TPSA) is 54.3 Å². The van der Waals surface area contributed by atoms with Gasteiger partial charge in [-0.2, -0.15) is 0 Å². The predicted octanol–water partition coefficient (Wildman–Crippen LogP) is 6.79. The van der Waals surface area contributed by atoms with E-state index in [9.17, 15) is 9.59 Å². The Morgan fingerprint density at radius 1 is 0.974 bits per heavy atom. The molecule has 0 saturated heterocycles. The van der Waals surface area contributed by atoms with Gasteiger partial charge in [-0.05, 0) is 54.5 Å². The Morgan fingerprint density at radius 2 is 1.74 bits per heavy atom. The SMILES string of the molecule is Cc1ccc2cc3n(c2c1)C[C@](C(=O)NC1CCCCCCC1)(c1ccccc1)N(Cc1cccs1)C3=O. The summed E-state index contributed by atoms with van der Waals surface area (Å²) >= 11 is 1.62. The first-order valence-corrected chi connectivity index (χ1v) is 14.7. The van der Waals surface area contributed by atoms with Gasteiger partial charge >= 0.3 is 0 Å². The van der Waals surface area contributed by atoms with E-state index in [2.05, 4.69) is 35.0 Å². The highest BCUT2D eigenvalue weighted by Gasteiger charge is 2.52. The third kappa shape index (κ3) is 4.45. The number of rotatable bonds is 5. The molecule has 1 N–H and O–H groups in total. The van der Waals surface area contributed by atoms with Gasteiger partial charge in [-0.25, -0.2) is 0 Å². The minimum absolute atomic E-state index is 0.0701. The van der Waals surface area contributed by atoms with Gasteiger partial charge in [0, 0.05) is 21.8 Å². The van der Waals surface area contributed by atoms with E-state index >= 15 is 0 Å². The molecule has 3 heterocycles. The maximum Gasteiger partial charge on any atom is 0.272 e. The van der Waals surface area contributed by atoms with Gasteiger partial charge in [0.05, 0.1) is 13.1 Å². The minimum Gasteiger partial charge on any atom is -0.351 e. The van der Waals surface area contributed by atoms with Crippen LogP contribution < -0.4 is 5.32 Å². The molecule has 2 aromatic heterocycles. The molecule has 5 nitrogen and oxygen atoms in total. The van der Waals surface area contributed by atoms with Crippen molar-refractivity contribution in [3.63, 3.8) is 0 Å². The monoisotopic (exact) mass is 525 g/mol. The number of hydrogen-bond acceptors (Lipinski definition) is 3. The molecule has 2 amide bonds. The van der Waals surface area contributed by atoms with E-state index < -0.39 is 5.54 Å². The average molecular weight is 526 g/mol. The molecule has 2 aromatic carbocycles. The molecule has 2 aliphatic rings. The second-order valence-electron chi connectivity index (χ2n) is 10.9. The van der Waals surface area contributed by atoms with Crippen LogP contribution in [-0.4, -0.2) is 27.3 Å². The van der Waals surface area contributed by atoms with E-state index in [4.69, 9.17) is 0 Å². The Hall–Kier alpha value is -3.38. The molecule has 0 radical (unpaired) electrons. The summed E-state index contributed by atoms with van der Waals surface area (Å²) in [6.07, 6.45) is 7.97. The maximum absolute atomic E-state index is 14.7. The Labute approximate surface area is 228 Å². The fourth-order valence-corrected chi connectivity index (χ4v) is 6.99. The molecule has 6 heteroatoms. The first-order chi connectivity index (χ1) is 18.6. The van der Waals surface area contributed by atoms with E-state index in [1.54, 1.807) is 11.3 Å². The van der Waals surface area contributed by atoms with Crippen molar-refractivity contribution in [1.82, 2.24) is 14.8 Å². The van der Waals surface area contributed by atoms with Crippen LogP contribution in [0.25, 0.3) is 10.9 Å². The molecular formula is C32H35N3O2S. The van der Waals surface area contributed by atoms with Gasteiger partial charge in [-0.15, -0.1) is 11.3 Å². The first kappa shape index (κ1) is 24.9. The lowest BCUT2D eigenvalue weighted by atomic mass is 9.83. The second-order valence-corrected chi connectivity index (χ2v) is 11.9. The number of fused-ring (bicyclic) bond motifs is 3. The van der Waals surface area contributed by atoms with Crippen LogP contribution in [0.3, 0.4) is 0 Å². The van der Waals surface area contributed by atoms with Crippen LogP contribution in [0.15, 0.2) is 72.1 Å². The van der Waals surface area contributed by atoms with Crippen molar-refractivity contribution < 1.29 is 9.59 Å². The minimum atomic E-state index is -1.16. The van der Waals surface area contributed by atoms with E-state index in [1.807, 2.05) is 58.8 Å². The average Bonchev–Trinajstić information content (AvgIpc) is 3.55. The van der Waals surface area contributed by atoms with Crippen LogP contribution in [-0.2, 0) is 23.4 Å². The van der Waals surface area contributed by atoms with E-state index in [0.717, 1.165) is 52.6 Å². The molecule has 6 rings (SSSR count). The highest BCUT2D eigenvalue weighted by molar-refractivity contribution is 7.09. The highest BCUT2D eigenvalue weighted by Crippen LogP contribution is 2.41. The predicted molar refractivity (Wildman–Crippen MR) is 153 cm³/mol. The van der Waals surface area contributed by atoms with Crippen LogP contribution in [0.2, 0.25) is 0 Å². The summed E-state index contributed by atoms with van der Waals surface area (Å²) in [4.78, 5) is 32.0. The number of carbonyl (C=O) groups excluding carboxylic acids is 2. The fourth-order valence-electron chi connectivity index (χ4n) is 6.29. The standard InChI is InChI=1S/C32H35N3O2S/c1-23-16-17-24-20-29-30(36)35(21-27-15-10-18-38-27)32(22-34(29)28(24)19-23,25-11-6-5-7-12-25)31(37)33-26-13-8-3-2-4-9-14-26/h5-7,10-12,15-20,26H,2-4,8-9,13-14,21-22H2,1H3,(H,33,37)/t32-/m1/s1. The number of aromatic nitrogens is 1. The van der Waals surface area contributed by atoms with Gasteiger partial charge < -0.3 is 14.8 Å². The molecule has 0 spiro atoms. The molecule has 196 valence electrons. The molecule has 38 heavy (non-hydrogen) atoms. The molecule has 1 aliphatic heterocycles. The van der Waals surface area contributed by atoms with E-state index in [-0.39, 0.29) is 17.9 Å². The van der Waals surface area contributed by atoms with Crippen molar-refractivity contribution in [2.75, 3.05) is 0 Å². The fraction of sp³-hybridized carbons (Fsp3) is 0.375. The van der Waals surface area contributed by atoms with Crippen LogP contribution in [0.4, 0.5) is 0 Å². The third-order valence-electron chi connectivity index (χ3n) is 8.33. The zero-order valence-electron chi connectivity index (χ0n) is 22.0. The number of nitrogens with zero attached hydrogens (tertiary/aromatic N) is 2. The van der Waals surface area contributed by atoms with Gasteiger partial charge in [0.25, 0.3) is 11.8 Å². The summed E-state index contributed by atoms with van der Waals surface area (Å²) in [7, 11) is 0. The lowest BCUT2D eigenvalue weighted by Crippen LogP contribution is -2.63. The highest BCUT2D eigenvalue weighted by atomic mass is 32.1. The molecule has 1 saturated carbocycles. The number of aryl methyl sites for hydroxylation is 1. The Bertz CT molecular complexity index is 1430. The lowest BCUT2D eigenvalue weighted by molar-refractivity contribution is -0.136. The third-order valence-corrected chi connectivity index (χ3v) is 9.19. The summed E-state index contributed by atoms with van der Waals surface area (Å²) in [5.74, 6) is -0.172. The molecular weight excluding hydrogens is 490 g/mol. The van der Waals surface area contributed by atoms with Crippen LogP contribution in [0.1, 0.15) is 71.4 Å². The maximum atomic E-state index is 14.7. The number of thiophene rings is 1. The number of amides is 2. The van der Waals surface area contributed by atoms with Crippen LogP contribution in [0, 0.1) is 6.92 Å². The van der Waals surface area contributed by atoms with Crippen LogP contribution >= 0.6 is 11.3 Å². The molecule has 0 bridgehead atoms. The normalized spacial score (nSPS) is 20.7. The summed E-state index contributed by atoms with van der Waals surface area (Å²) in [6, 6.07) is 22.4. The van der Waals surface area contributed by atoms with Crippen molar-refractivity contribution in [2.24, 2.45) is 0 Å². The summed E-state index contributed by atoms with van der Waals surface area (Å²) < 4.78 is 2.08. The smallest absolute Gasteiger partial charge is 0.272 e. The molecule has 4 aromatic rings. The number of carbonyl (C=O) groups is 2. The van der Waals surface area contributed by atoms with Gasteiger partial charge in [0.2, 0.25) is 0 Å². The summed E-state index contributed by atoms with van der Waals surface area (Å²) in [5.41, 5.74) is 2.48. The van der Waals surface area contributed by atoms with E-state index in [1.165, 1.54) is 19.3 Å². The number of hydrogen-bond donors (Lipinski definition) is 1. The van der Waals surface area contributed by atoms with Gasteiger partial charge in [0.1, 0.15) is 5.69 Å². The Kier molecular flexibility index (Phi) is 6.83. The largest absolute Gasteiger partial charge is 0.351 e. The molecule has 1 atom stereocenters. The van der Waals surface area contributed by atoms with Gasteiger partial charge in [0.15, 0.2) is 5.54 Å². The first-order valence-electron chi connectivity index (χ1n) is 13.9. The Balaban J connectivity index is 1.51. The van der Waals surface area contributed by atoms with Crippen molar-refractivity contribution in [1.29, 1.82) is 0 Å². The van der Waals surface area contributed by atoms with Crippen molar-refractivity contribution in [2.45, 2.75) is 76.5 Å². The van der Waals surface area contributed by atoms with Crippen LogP contribution in [0.5, 0.6) is 0 Å². The van der Waals surface area contributed by atoms with Gasteiger partial charge in [-0.3, -0.25) is 9.59 Å². The van der Waals surface area contributed by atoms with Crippen molar-refractivity contribution in [3.8, 4) is 0 Å². The quantitative estimate of drug-likeness (QED) is 0.312. The zero-order valence-corrected chi connectivity index (χ0v) is 22.8. The summed E-state index contributed by atoms with van der Waals surface area (Å²) in [6.45, 7) is 2.85. The second kappa shape index (κ2) is 10.4. The van der Waals surface area contributed by atoms with Crippen molar-refractivity contribution in [3.05, 3.63) is 93.8 Å². The number of benzene rings is 2. The molecule has 0 unspecified atom stereocenters. The molecule has 1 aliphatic carbocycles. The summed E-state index contributed by atoms with van der Waals surface area (Å²) in [5, 5.41) is 6.52. The number of nitrogens with one attached hydrogen (secondary N) is 1. The van der Waals surface area contributed by atoms with E-state index in [0.29, 0.717) is 18.8 Å². The molecule has 1 fully saturated rings. The zero-order chi connectivity index (χ0) is 26.1. The van der Waals surface area contributed by atoms with Crippen molar-refractivity contribution >= 4 is 34.1 Å². The Morgan fingerprint density at radius 3 is 2.47 bits per heavy atom. The lowest BCUT2D eigenvalue weighted by Gasteiger charge is -2.47.